The normalized spacial score (nSPS) is 10.6. The molecule has 0 aliphatic heterocycles. The largest absolute Gasteiger partial charge is 0.484 e. The summed E-state index contributed by atoms with van der Waals surface area (Å²) >= 11 is 0. The number of anilines is 1. The minimum atomic E-state index is -0.228. The second-order valence-corrected chi connectivity index (χ2v) is 5.02. The molecular weight excluding hydrogens is 254 g/mol. The van der Waals surface area contributed by atoms with Crippen molar-refractivity contribution in [2.45, 2.75) is 26.7 Å². The molecule has 2 rings (SSSR count). The molecular formula is C15H19N3O2. The van der Waals surface area contributed by atoms with E-state index in [-0.39, 0.29) is 12.5 Å². The number of aromatic amines is 1. The zero-order chi connectivity index (χ0) is 14.5. The van der Waals surface area contributed by atoms with Gasteiger partial charge in [-0.05, 0) is 30.5 Å². The van der Waals surface area contributed by atoms with Crippen LogP contribution in [0, 0.1) is 6.92 Å². The first kappa shape index (κ1) is 14.1. The van der Waals surface area contributed by atoms with Crippen molar-refractivity contribution in [2.24, 2.45) is 0 Å². The van der Waals surface area contributed by atoms with Gasteiger partial charge in [0.15, 0.2) is 12.4 Å². The van der Waals surface area contributed by atoms with Crippen LogP contribution in [0.15, 0.2) is 30.3 Å². The second kappa shape index (κ2) is 6.23. The second-order valence-electron chi connectivity index (χ2n) is 5.02. The highest BCUT2D eigenvalue weighted by Crippen LogP contribution is 2.15. The van der Waals surface area contributed by atoms with E-state index < -0.39 is 0 Å². The van der Waals surface area contributed by atoms with Crippen LogP contribution in [0.1, 0.15) is 31.0 Å². The highest BCUT2D eigenvalue weighted by Gasteiger charge is 2.08. The molecule has 0 fully saturated rings. The van der Waals surface area contributed by atoms with Gasteiger partial charge in [0, 0.05) is 11.8 Å². The van der Waals surface area contributed by atoms with Crippen LogP contribution >= 0.6 is 0 Å². The van der Waals surface area contributed by atoms with Gasteiger partial charge in [-0.2, -0.15) is 5.10 Å². The first-order valence-corrected chi connectivity index (χ1v) is 6.59. The highest BCUT2D eigenvalue weighted by atomic mass is 16.5. The number of nitrogens with zero attached hydrogens (tertiary/aromatic N) is 1. The molecule has 2 aromatic rings. The topological polar surface area (TPSA) is 67.0 Å². The molecule has 0 aliphatic carbocycles. The van der Waals surface area contributed by atoms with Crippen molar-refractivity contribution in [1.29, 1.82) is 0 Å². The van der Waals surface area contributed by atoms with E-state index in [0.29, 0.717) is 17.5 Å². The van der Waals surface area contributed by atoms with Gasteiger partial charge in [0.25, 0.3) is 5.91 Å². The molecule has 0 saturated carbocycles. The predicted molar refractivity (Wildman–Crippen MR) is 78.0 cm³/mol. The number of rotatable bonds is 5. The molecule has 0 aliphatic rings. The monoisotopic (exact) mass is 273 g/mol. The fraction of sp³-hybridized carbons (Fsp3) is 0.333. The quantitative estimate of drug-likeness (QED) is 0.880. The van der Waals surface area contributed by atoms with Gasteiger partial charge in [0.05, 0.1) is 0 Å². The first-order valence-electron chi connectivity index (χ1n) is 6.59. The van der Waals surface area contributed by atoms with E-state index in [4.69, 9.17) is 4.74 Å². The number of hydrogen-bond donors (Lipinski definition) is 2. The summed E-state index contributed by atoms with van der Waals surface area (Å²) in [4.78, 5) is 11.8. The molecule has 1 aromatic heterocycles. The summed E-state index contributed by atoms with van der Waals surface area (Å²) in [5.74, 6) is 1.32. The molecule has 1 heterocycles. The Morgan fingerprint density at radius 1 is 1.40 bits per heavy atom. The number of aromatic nitrogens is 2. The summed E-state index contributed by atoms with van der Waals surface area (Å²) in [6, 6.07) is 9.41. The van der Waals surface area contributed by atoms with Crippen molar-refractivity contribution < 1.29 is 9.53 Å². The summed E-state index contributed by atoms with van der Waals surface area (Å²) in [6.07, 6.45) is 0. The van der Waals surface area contributed by atoms with Crippen molar-refractivity contribution in [3.63, 3.8) is 0 Å². The Labute approximate surface area is 118 Å². The van der Waals surface area contributed by atoms with Crippen molar-refractivity contribution >= 4 is 11.7 Å². The number of benzene rings is 1. The maximum Gasteiger partial charge on any atom is 0.263 e. The van der Waals surface area contributed by atoms with Gasteiger partial charge < -0.3 is 10.1 Å². The number of ether oxygens (including phenoxy) is 1. The average molecular weight is 273 g/mol. The third-order valence-corrected chi connectivity index (χ3v) is 2.85. The molecule has 2 N–H and O–H groups in total. The van der Waals surface area contributed by atoms with Crippen LogP contribution in [0.4, 0.5) is 5.82 Å². The summed E-state index contributed by atoms with van der Waals surface area (Å²) < 4.78 is 5.43. The van der Waals surface area contributed by atoms with E-state index in [1.54, 1.807) is 0 Å². The SMILES string of the molecule is Cc1cccc(OCC(=O)Nc2cc(C(C)C)[nH]n2)c1. The number of amides is 1. The summed E-state index contributed by atoms with van der Waals surface area (Å²) in [5, 5.41) is 9.62. The number of H-pyrrole nitrogens is 1. The number of nitrogens with one attached hydrogen (secondary N) is 2. The Balaban J connectivity index is 1.86. The van der Waals surface area contributed by atoms with Crippen LogP contribution in [0.5, 0.6) is 5.75 Å². The number of aryl methyl sites for hydroxylation is 1. The smallest absolute Gasteiger partial charge is 0.263 e. The van der Waals surface area contributed by atoms with Crippen molar-refractivity contribution in [3.05, 3.63) is 41.6 Å². The van der Waals surface area contributed by atoms with Crippen molar-refractivity contribution in [2.75, 3.05) is 11.9 Å². The van der Waals surface area contributed by atoms with E-state index in [9.17, 15) is 4.79 Å². The van der Waals surface area contributed by atoms with E-state index in [1.807, 2.05) is 37.3 Å². The third kappa shape index (κ3) is 3.85. The zero-order valence-electron chi connectivity index (χ0n) is 11.9. The van der Waals surface area contributed by atoms with E-state index >= 15 is 0 Å². The van der Waals surface area contributed by atoms with Crippen LogP contribution in [0.3, 0.4) is 0 Å². The lowest BCUT2D eigenvalue weighted by molar-refractivity contribution is -0.118. The minimum Gasteiger partial charge on any atom is -0.484 e. The summed E-state index contributed by atoms with van der Waals surface area (Å²) in [5.41, 5.74) is 2.08. The van der Waals surface area contributed by atoms with Crippen LogP contribution in [-0.4, -0.2) is 22.7 Å². The van der Waals surface area contributed by atoms with Crippen LogP contribution in [0.25, 0.3) is 0 Å². The Bertz CT molecular complexity index is 590. The van der Waals surface area contributed by atoms with Gasteiger partial charge in [0.2, 0.25) is 0 Å². The van der Waals surface area contributed by atoms with Crippen LogP contribution in [-0.2, 0) is 4.79 Å². The van der Waals surface area contributed by atoms with E-state index in [2.05, 4.69) is 29.4 Å². The highest BCUT2D eigenvalue weighted by molar-refractivity contribution is 5.90. The Kier molecular flexibility index (Phi) is 4.40. The van der Waals surface area contributed by atoms with Crippen molar-refractivity contribution in [3.8, 4) is 5.75 Å². The molecule has 1 amide bonds. The first-order chi connectivity index (χ1) is 9.54. The Morgan fingerprint density at radius 3 is 2.85 bits per heavy atom. The molecule has 0 atom stereocenters. The molecule has 20 heavy (non-hydrogen) atoms. The maximum atomic E-state index is 11.8. The molecule has 0 bridgehead atoms. The van der Waals surface area contributed by atoms with Crippen LogP contribution < -0.4 is 10.1 Å². The third-order valence-electron chi connectivity index (χ3n) is 2.85. The van der Waals surface area contributed by atoms with Gasteiger partial charge in [-0.1, -0.05) is 26.0 Å². The molecule has 5 nitrogen and oxygen atoms in total. The van der Waals surface area contributed by atoms with Gasteiger partial charge in [0.1, 0.15) is 5.75 Å². The summed E-state index contributed by atoms with van der Waals surface area (Å²) in [7, 11) is 0. The predicted octanol–water partition coefficient (Wildman–Crippen LogP) is 2.86. The minimum absolute atomic E-state index is 0.0344. The van der Waals surface area contributed by atoms with Crippen LogP contribution in [0.2, 0.25) is 0 Å². The molecule has 106 valence electrons. The van der Waals surface area contributed by atoms with Gasteiger partial charge >= 0.3 is 0 Å². The van der Waals surface area contributed by atoms with Gasteiger partial charge in [-0.25, -0.2) is 0 Å². The lowest BCUT2D eigenvalue weighted by Crippen LogP contribution is -2.20. The summed E-state index contributed by atoms with van der Waals surface area (Å²) in [6.45, 7) is 6.05. The lowest BCUT2D eigenvalue weighted by Gasteiger charge is -2.06. The molecule has 5 heteroatoms. The standard InChI is InChI=1S/C15H19N3O2/c1-10(2)13-8-14(18-17-13)16-15(19)9-20-12-6-4-5-11(3)7-12/h4-8,10H,9H2,1-3H3,(H2,16,17,18,19). The molecule has 0 unspecified atom stereocenters. The molecule has 0 saturated heterocycles. The zero-order valence-corrected chi connectivity index (χ0v) is 11.9. The van der Waals surface area contributed by atoms with E-state index in [1.165, 1.54) is 0 Å². The van der Waals surface area contributed by atoms with Gasteiger partial charge in [-0.3, -0.25) is 9.89 Å². The number of carbonyl (C=O) groups excluding carboxylic acids is 1. The maximum absolute atomic E-state index is 11.8. The molecule has 0 radical (unpaired) electrons. The van der Waals surface area contributed by atoms with E-state index in [0.717, 1.165) is 11.3 Å². The molecule has 0 spiro atoms. The average Bonchev–Trinajstić information content (AvgIpc) is 2.85. The fourth-order valence-electron chi connectivity index (χ4n) is 1.73. The Morgan fingerprint density at radius 2 is 2.20 bits per heavy atom. The Hall–Kier alpha value is -2.30. The fourth-order valence-corrected chi connectivity index (χ4v) is 1.73. The van der Waals surface area contributed by atoms with Gasteiger partial charge in [-0.15, -0.1) is 0 Å². The lowest BCUT2D eigenvalue weighted by atomic mass is 10.1. The van der Waals surface area contributed by atoms with Crippen molar-refractivity contribution in [1.82, 2.24) is 10.2 Å². The molecule has 1 aromatic carbocycles. The number of carbonyl (C=O) groups is 1. The number of hydrogen-bond acceptors (Lipinski definition) is 3.